The van der Waals surface area contributed by atoms with Crippen molar-refractivity contribution >= 4 is 33.4 Å². The molecule has 0 amide bonds. The van der Waals surface area contributed by atoms with Gasteiger partial charge in [0.05, 0.1) is 35.9 Å². The van der Waals surface area contributed by atoms with Crippen LogP contribution < -0.4 is 24.3 Å². The summed E-state index contributed by atoms with van der Waals surface area (Å²) in [5.41, 5.74) is 3.56. The molecule has 34 heavy (non-hydrogen) atoms. The number of aryl methyl sites for hydroxylation is 1. The maximum Gasteiger partial charge on any atom is 0.274 e. The summed E-state index contributed by atoms with van der Waals surface area (Å²) in [6, 6.07) is 21.3. The summed E-state index contributed by atoms with van der Waals surface area (Å²) in [6.45, 7) is 3.10. The Balaban J connectivity index is 1.29. The Bertz CT molecular complexity index is 1570. The number of imidazole rings is 1. The van der Waals surface area contributed by atoms with Crippen LogP contribution in [0.15, 0.2) is 71.5 Å². The molecule has 3 aromatic carbocycles. The zero-order valence-corrected chi connectivity index (χ0v) is 19.8. The largest absolute Gasteiger partial charge is 0.493 e. The molecule has 0 aliphatic heterocycles. The van der Waals surface area contributed by atoms with E-state index in [9.17, 15) is 4.79 Å². The minimum absolute atomic E-state index is 0.0679. The second kappa shape index (κ2) is 9.57. The van der Waals surface area contributed by atoms with Crippen LogP contribution in [0.4, 0.5) is 0 Å². The first-order valence-corrected chi connectivity index (χ1v) is 11.9. The zero-order chi connectivity index (χ0) is 23.5. The fraction of sp³-hybridized carbons (Fsp3) is 0.185. The molecule has 0 N–H and O–H groups in total. The Morgan fingerprint density at radius 1 is 0.941 bits per heavy atom. The summed E-state index contributed by atoms with van der Waals surface area (Å²) in [5.74, 6) is 2.17. The number of hydrogen-bond acceptors (Lipinski definition) is 6. The molecule has 0 aliphatic carbocycles. The number of para-hydroxylation sites is 3. The Morgan fingerprint density at radius 3 is 2.53 bits per heavy atom. The fourth-order valence-corrected chi connectivity index (χ4v) is 4.78. The fourth-order valence-electron chi connectivity index (χ4n) is 3.80. The number of fused-ring (bicyclic) bond motifs is 3. The predicted molar refractivity (Wildman–Crippen MR) is 135 cm³/mol. The van der Waals surface area contributed by atoms with E-state index < -0.39 is 0 Å². The highest BCUT2D eigenvalue weighted by molar-refractivity contribution is 7.15. The molecule has 5 rings (SSSR count). The van der Waals surface area contributed by atoms with E-state index in [1.54, 1.807) is 11.5 Å². The van der Waals surface area contributed by atoms with Gasteiger partial charge in [-0.1, -0.05) is 47.7 Å². The van der Waals surface area contributed by atoms with E-state index in [1.807, 2.05) is 79.7 Å². The van der Waals surface area contributed by atoms with Gasteiger partial charge >= 0.3 is 0 Å². The molecule has 0 fully saturated rings. The monoisotopic (exact) mass is 472 g/mol. The van der Waals surface area contributed by atoms with Gasteiger partial charge in [0.1, 0.15) is 5.75 Å². The Labute approximate surface area is 200 Å². The standard InChI is InChI=1S/C27H24N2O4S/c1-18-8-3-6-11-22(18)32-14-7-15-33-23-13-12-19(16-24(23)31-2)17-25-26(30)29-21-10-5-4-9-20(21)28-27(29)34-25/h3-6,8-13,16-17H,7,14-15H2,1-2H3. The molecule has 2 heterocycles. The average molecular weight is 473 g/mol. The SMILES string of the molecule is COc1cc(C=c2sc3nc4ccccc4n3c2=O)ccc1OCCCOc1ccccc1C. The minimum atomic E-state index is -0.0679. The van der Waals surface area contributed by atoms with Gasteiger partial charge in [0.25, 0.3) is 5.56 Å². The summed E-state index contributed by atoms with van der Waals surface area (Å²) in [7, 11) is 1.61. The summed E-state index contributed by atoms with van der Waals surface area (Å²) < 4.78 is 19.6. The highest BCUT2D eigenvalue weighted by Crippen LogP contribution is 2.28. The lowest BCUT2D eigenvalue weighted by Gasteiger charge is -2.12. The molecule has 0 unspecified atom stereocenters. The van der Waals surface area contributed by atoms with Crippen molar-refractivity contribution in [2.75, 3.05) is 20.3 Å². The number of ether oxygens (including phenoxy) is 3. The first-order chi connectivity index (χ1) is 16.6. The third-order valence-electron chi connectivity index (χ3n) is 5.53. The van der Waals surface area contributed by atoms with Crippen LogP contribution in [-0.4, -0.2) is 29.7 Å². The Morgan fingerprint density at radius 2 is 1.71 bits per heavy atom. The van der Waals surface area contributed by atoms with Gasteiger partial charge < -0.3 is 14.2 Å². The van der Waals surface area contributed by atoms with Crippen LogP contribution in [0.3, 0.4) is 0 Å². The van der Waals surface area contributed by atoms with Crippen LogP contribution in [0.1, 0.15) is 17.5 Å². The zero-order valence-electron chi connectivity index (χ0n) is 19.0. The molecule has 0 radical (unpaired) electrons. The van der Waals surface area contributed by atoms with Gasteiger partial charge in [-0.25, -0.2) is 9.38 Å². The maximum absolute atomic E-state index is 13.0. The second-order valence-electron chi connectivity index (χ2n) is 7.86. The van der Waals surface area contributed by atoms with Crippen molar-refractivity contribution in [2.24, 2.45) is 0 Å². The van der Waals surface area contributed by atoms with E-state index in [1.165, 1.54) is 11.3 Å². The lowest BCUT2D eigenvalue weighted by atomic mass is 10.2. The van der Waals surface area contributed by atoms with Crippen molar-refractivity contribution in [3.63, 3.8) is 0 Å². The van der Waals surface area contributed by atoms with Crippen molar-refractivity contribution in [3.05, 3.63) is 92.7 Å². The van der Waals surface area contributed by atoms with E-state index >= 15 is 0 Å². The first-order valence-electron chi connectivity index (χ1n) is 11.0. The van der Waals surface area contributed by atoms with Crippen LogP contribution in [-0.2, 0) is 0 Å². The number of rotatable bonds is 8. The van der Waals surface area contributed by atoms with E-state index in [0.29, 0.717) is 34.2 Å². The molecule has 2 aromatic heterocycles. The number of methoxy groups -OCH3 is 1. The molecule has 7 heteroatoms. The molecule has 5 aromatic rings. The third kappa shape index (κ3) is 4.34. The van der Waals surface area contributed by atoms with Crippen LogP contribution in [0.25, 0.3) is 22.1 Å². The lowest BCUT2D eigenvalue weighted by Crippen LogP contribution is -2.22. The van der Waals surface area contributed by atoms with Crippen molar-refractivity contribution in [1.82, 2.24) is 9.38 Å². The molecular weight excluding hydrogens is 448 g/mol. The second-order valence-corrected chi connectivity index (χ2v) is 8.87. The summed E-state index contributed by atoms with van der Waals surface area (Å²) in [4.78, 5) is 18.2. The first kappa shape index (κ1) is 22.0. The van der Waals surface area contributed by atoms with Crippen molar-refractivity contribution < 1.29 is 14.2 Å². The quantitative estimate of drug-likeness (QED) is 0.308. The molecule has 172 valence electrons. The molecule has 0 aliphatic rings. The van der Waals surface area contributed by atoms with Crippen LogP contribution >= 0.6 is 11.3 Å². The molecule has 0 atom stereocenters. The third-order valence-corrected chi connectivity index (χ3v) is 6.50. The summed E-state index contributed by atoms with van der Waals surface area (Å²) in [5, 5.41) is 0. The Hall–Kier alpha value is -3.84. The van der Waals surface area contributed by atoms with E-state index in [-0.39, 0.29) is 5.56 Å². The van der Waals surface area contributed by atoms with E-state index in [4.69, 9.17) is 14.2 Å². The van der Waals surface area contributed by atoms with Gasteiger partial charge in [-0.15, -0.1) is 0 Å². The summed E-state index contributed by atoms with van der Waals surface area (Å²) in [6.07, 6.45) is 2.60. The van der Waals surface area contributed by atoms with E-state index in [2.05, 4.69) is 4.98 Å². The number of thiazole rings is 1. The predicted octanol–water partition coefficient (Wildman–Crippen LogP) is 4.62. The van der Waals surface area contributed by atoms with Crippen LogP contribution in [0, 0.1) is 6.92 Å². The highest BCUT2D eigenvalue weighted by atomic mass is 32.1. The van der Waals surface area contributed by atoms with Gasteiger partial charge in [0.15, 0.2) is 16.5 Å². The van der Waals surface area contributed by atoms with Gasteiger partial charge in [0, 0.05) is 6.42 Å². The molecule has 0 bridgehead atoms. The van der Waals surface area contributed by atoms with Crippen LogP contribution in [0.2, 0.25) is 0 Å². The molecule has 6 nitrogen and oxygen atoms in total. The number of benzene rings is 3. The van der Waals surface area contributed by atoms with Gasteiger partial charge in [0.2, 0.25) is 0 Å². The Kier molecular flexibility index (Phi) is 6.18. The van der Waals surface area contributed by atoms with E-state index in [0.717, 1.165) is 34.3 Å². The van der Waals surface area contributed by atoms with Crippen molar-refractivity contribution in [3.8, 4) is 17.2 Å². The van der Waals surface area contributed by atoms with Crippen LogP contribution in [0.5, 0.6) is 17.2 Å². The number of hydrogen-bond donors (Lipinski definition) is 0. The normalized spacial score (nSPS) is 11.9. The maximum atomic E-state index is 13.0. The number of aromatic nitrogens is 2. The smallest absolute Gasteiger partial charge is 0.274 e. The van der Waals surface area contributed by atoms with Gasteiger partial charge in [-0.3, -0.25) is 4.79 Å². The molecule has 0 spiro atoms. The average Bonchev–Trinajstić information content (AvgIpc) is 3.36. The van der Waals surface area contributed by atoms with Gasteiger partial charge in [-0.05, 0) is 54.5 Å². The topological polar surface area (TPSA) is 62.1 Å². The van der Waals surface area contributed by atoms with Crippen molar-refractivity contribution in [2.45, 2.75) is 13.3 Å². The molecule has 0 saturated carbocycles. The number of nitrogens with zero attached hydrogens (tertiary/aromatic N) is 2. The van der Waals surface area contributed by atoms with Crippen molar-refractivity contribution in [1.29, 1.82) is 0 Å². The lowest BCUT2D eigenvalue weighted by molar-refractivity contribution is 0.239. The molecule has 0 saturated heterocycles. The summed E-state index contributed by atoms with van der Waals surface area (Å²) >= 11 is 1.38. The molecular formula is C27H24N2O4S. The minimum Gasteiger partial charge on any atom is -0.493 e. The highest BCUT2D eigenvalue weighted by Gasteiger charge is 2.11. The van der Waals surface area contributed by atoms with Gasteiger partial charge in [-0.2, -0.15) is 0 Å².